The zero-order valence-electron chi connectivity index (χ0n) is 18.5. The second-order valence-electron chi connectivity index (χ2n) is 7.90. The van der Waals surface area contributed by atoms with E-state index in [2.05, 4.69) is 11.5 Å². The van der Waals surface area contributed by atoms with E-state index >= 15 is 0 Å². The number of aromatic nitrogens is 3. The van der Waals surface area contributed by atoms with E-state index in [0.29, 0.717) is 22.3 Å². The number of hydrogen-bond acceptors (Lipinski definition) is 4. The number of aryl methyl sites for hydroxylation is 3. The highest BCUT2D eigenvalue weighted by Crippen LogP contribution is 2.35. The summed E-state index contributed by atoms with van der Waals surface area (Å²) in [7, 11) is 0. The number of carboxylic acid groups (broad SMARTS) is 1. The van der Waals surface area contributed by atoms with Gasteiger partial charge in [0.05, 0.1) is 22.2 Å². The number of carbonyl (C=O) groups is 1. The second-order valence-corrected chi connectivity index (χ2v) is 8.71. The lowest BCUT2D eigenvalue weighted by molar-refractivity contribution is 0.0697. The maximum Gasteiger partial charge on any atom is 0.335 e. The third kappa shape index (κ3) is 4.82. The highest BCUT2D eigenvalue weighted by atomic mass is 35.5. The Bertz CT molecular complexity index is 1320. The van der Waals surface area contributed by atoms with Gasteiger partial charge in [-0.2, -0.15) is 0 Å². The monoisotopic (exact) mass is 483 g/mol. The first-order valence-corrected chi connectivity index (χ1v) is 11.3. The third-order valence-electron chi connectivity index (χ3n) is 5.40. The minimum Gasteiger partial charge on any atom is -0.486 e. The number of benzene rings is 2. The Kier molecular flexibility index (Phi) is 6.58. The number of hydrogen-bond donors (Lipinski definition) is 1. The Hall–Kier alpha value is -3.09. The fourth-order valence-electron chi connectivity index (χ4n) is 3.81. The van der Waals surface area contributed by atoms with Gasteiger partial charge in [0.25, 0.3) is 0 Å². The van der Waals surface area contributed by atoms with E-state index < -0.39 is 5.97 Å². The molecule has 0 amide bonds. The summed E-state index contributed by atoms with van der Waals surface area (Å²) in [5.74, 6) is 0.366. The van der Waals surface area contributed by atoms with Gasteiger partial charge in [0, 0.05) is 12.1 Å². The number of nitrogens with zero attached hydrogens (tertiary/aromatic N) is 3. The molecule has 4 rings (SSSR count). The number of imidazole rings is 1. The minimum absolute atomic E-state index is 0.216. The summed E-state index contributed by atoms with van der Waals surface area (Å²) in [6.45, 7) is 6.84. The quantitative estimate of drug-likeness (QED) is 0.336. The van der Waals surface area contributed by atoms with Crippen molar-refractivity contribution in [1.29, 1.82) is 0 Å². The van der Waals surface area contributed by atoms with Crippen molar-refractivity contribution in [2.45, 2.75) is 40.3 Å². The van der Waals surface area contributed by atoms with Crippen molar-refractivity contribution in [2.24, 2.45) is 0 Å². The van der Waals surface area contributed by atoms with Crippen LogP contribution in [0.15, 0.2) is 42.5 Å². The fraction of sp³-hybridized carbons (Fsp3) is 0.240. The van der Waals surface area contributed by atoms with Crippen LogP contribution < -0.4 is 4.74 Å². The van der Waals surface area contributed by atoms with Crippen molar-refractivity contribution in [1.82, 2.24) is 14.5 Å². The van der Waals surface area contributed by atoms with E-state index in [9.17, 15) is 4.79 Å². The largest absolute Gasteiger partial charge is 0.486 e. The van der Waals surface area contributed by atoms with Gasteiger partial charge in [-0.1, -0.05) is 42.3 Å². The molecular weight excluding hydrogens is 461 g/mol. The number of pyridine rings is 1. The Morgan fingerprint density at radius 3 is 2.30 bits per heavy atom. The van der Waals surface area contributed by atoms with E-state index in [1.165, 1.54) is 12.1 Å². The number of aromatic carboxylic acids is 1. The van der Waals surface area contributed by atoms with E-state index in [-0.39, 0.29) is 12.2 Å². The fourth-order valence-corrected chi connectivity index (χ4v) is 4.45. The van der Waals surface area contributed by atoms with Crippen LogP contribution in [0, 0.1) is 13.8 Å². The van der Waals surface area contributed by atoms with E-state index in [0.717, 1.165) is 45.8 Å². The van der Waals surface area contributed by atoms with Crippen LogP contribution in [0.25, 0.3) is 11.2 Å². The number of carboxylic acids is 1. The molecule has 2 aromatic carbocycles. The van der Waals surface area contributed by atoms with Gasteiger partial charge in [-0.15, -0.1) is 0 Å². The van der Waals surface area contributed by atoms with Crippen LogP contribution in [-0.2, 0) is 19.6 Å². The molecule has 0 saturated heterocycles. The van der Waals surface area contributed by atoms with Crippen LogP contribution in [0.4, 0.5) is 0 Å². The smallest absolute Gasteiger partial charge is 0.335 e. The Morgan fingerprint density at radius 2 is 1.70 bits per heavy atom. The lowest BCUT2D eigenvalue weighted by Crippen LogP contribution is -2.06. The van der Waals surface area contributed by atoms with Crippen molar-refractivity contribution in [2.75, 3.05) is 0 Å². The first-order valence-electron chi connectivity index (χ1n) is 10.5. The molecule has 170 valence electrons. The van der Waals surface area contributed by atoms with Crippen LogP contribution >= 0.6 is 23.2 Å². The van der Waals surface area contributed by atoms with Gasteiger partial charge in [0.15, 0.2) is 11.4 Å². The summed E-state index contributed by atoms with van der Waals surface area (Å²) >= 11 is 13.0. The Balaban J connectivity index is 1.58. The second kappa shape index (κ2) is 9.41. The number of ether oxygens (including phenoxy) is 1. The molecule has 0 unspecified atom stereocenters. The molecule has 6 nitrogen and oxygen atoms in total. The molecule has 1 N–H and O–H groups in total. The molecule has 4 aromatic rings. The van der Waals surface area contributed by atoms with Gasteiger partial charge in [-0.05, 0) is 60.9 Å². The molecule has 0 spiro atoms. The molecule has 0 fully saturated rings. The summed E-state index contributed by atoms with van der Waals surface area (Å²) in [5, 5.41) is 9.83. The number of halogens is 2. The molecule has 2 aromatic heterocycles. The summed E-state index contributed by atoms with van der Waals surface area (Å²) in [5.41, 5.74) is 5.74. The van der Waals surface area contributed by atoms with E-state index in [1.54, 1.807) is 12.1 Å². The maximum atomic E-state index is 11.0. The summed E-state index contributed by atoms with van der Waals surface area (Å²) in [4.78, 5) is 20.5. The van der Waals surface area contributed by atoms with Crippen LogP contribution in [-0.4, -0.2) is 25.6 Å². The number of fused-ring (bicyclic) bond motifs is 1. The molecule has 33 heavy (non-hydrogen) atoms. The first kappa shape index (κ1) is 23.1. The Morgan fingerprint density at radius 1 is 1.03 bits per heavy atom. The maximum absolute atomic E-state index is 11.0. The van der Waals surface area contributed by atoms with Crippen LogP contribution in [0.2, 0.25) is 10.0 Å². The third-order valence-corrected chi connectivity index (χ3v) is 5.96. The van der Waals surface area contributed by atoms with Gasteiger partial charge >= 0.3 is 5.97 Å². The SMILES string of the molecule is CCc1nc2c(C)cc(C)nc2n1Cc1cc(Cl)c(OCc2ccc(C(=O)O)cc2)c(Cl)c1. The highest BCUT2D eigenvalue weighted by molar-refractivity contribution is 6.37. The van der Waals surface area contributed by atoms with Gasteiger partial charge < -0.3 is 14.4 Å². The average Bonchev–Trinajstić information content (AvgIpc) is 3.11. The van der Waals surface area contributed by atoms with Crippen LogP contribution in [0.5, 0.6) is 5.75 Å². The normalized spacial score (nSPS) is 11.2. The zero-order valence-corrected chi connectivity index (χ0v) is 20.0. The van der Waals surface area contributed by atoms with Crippen LogP contribution in [0.1, 0.15) is 45.5 Å². The highest BCUT2D eigenvalue weighted by Gasteiger charge is 2.16. The van der Waals surface area contributed by atoms with Gasteiger partial charge in [-0.25, -0.2) is 14.8 Å². The van der Waals surface area contributed by atoms with Crippen molar-refractivity contribution in [3.63, 3.8) is 0 Å². The van der Waals surface area contributed by atoms with Crippen LogP contribution in [0.3, 0.4) is 0 Å². The predicted molar refractivity (Wildman–Crippen MR) is 130 cm³/mol. The first-order chi connectivity index (χ1) is 15.8. The van der Waals surface area contributed by atoms with Crippen molar-refractivity contribution in [3.05, 3.63) is 86.3 Å². The molecule has 0 atom stereocenters. The molecule has 0 aliphatic carbocycles. The van der Waals surface area contributed by atoms with Crippen molar-refractivity contribution >= 4 is 40.3 Å². The Labute approximate surface area is 201 Å². The minimum atomic E-state index is -0.971. The molecular formula is C25H23Cl2N3O3. The van der Waals surface area contributed by atoms with E-state index in [1.807, 2.05) is 32.0 Å². The molecule has 0 aliphatic rings. The van der Waals surface area contributed by atoms with E-state index in [4.69, 9.17) is 43.0 Å². The van der Waals surface area contributed by atoms with Gasteiger partial charge in [0.1, 0.15) is 17.9 Å². The lowest BCUT2D eigenvalue weighted by Gasteiger charge is -2.14. The standard InChI is InChI=1S/C25H23Cl2N3O3/c1-4-21-29-22-14(2)9-15(3)28-24(22)30(21)12-17-10-19(26)23(20(27)11-17)33-13-16-5-7-18(8-6-16)25(31)32/h5-11H,4,12-13H2,1-3H3,(H,31,32). The number of rotatable bonds is 7. The predicted octanol–water partition coefficient (Wildman–Crippen LogP) is 6.24. The molecule has 0 bridgehead atoms. The van der Waals surface area contributed by atoms with Crippen molar-refractivity contribution in [3.8, 4) is 5.75 Å². The zero-order chi connectivity index (χ0) is 23.7. The molecule has 8 heteroatoms. The van der Waals surface area contributed by atoms with Gasteiger partial charge in [-0.3, -0.25) is 0 Å². The van der Waals surface area contributed by atoms with Crippen molar-refractivity contribution < 1.29 is 14.6 Å². The summed E-state index contributed by atoms with van der Waals surface area (Å²) in [6.07, 6.45) is 0.776. The van der Waals surface area contributed by atoms with Gasteiger partial charge in [0.2, 0.25) is 0 Å². The molecule has 0 radical (unpaired) electrons. The lowest BCUT2D eigenvalue weighted by atomic mass is 10.1. The molecule has 0 saturated carbocycles. The topological polar surface area (TPSA) is 77.2 Å². The molecule has 2 heterocycles. The summed E-state index contributed by atoms with van der Waals surface area (Å²) in [6, 6.07) is 12.2. The summed E-state index contributed by atoms with van der Waals surface area (Å²) < 4.78 is 7.95. The molecule has 0 aliphatic heterocycles. The average molecular weight is 484 g/mol.